The summed E-state index contributed by atoms with van der Waals surface area (Å²) in [6, 6.07) is 42.3. The van der Waals surface area contributed by atoms with E-state index < -0.39 is 16.8 Å². The SMILES string of the molecule is CCCc1ccccc1C(=O)c1ccccc1OP(Oc1ccccc1C=O)Oc1ccccc1OC#N.CP(Oc1ccccc1OC#N)C1CC1.Cc1ccccc1C=O. The zero-order chi connectivity index (χ0) is 44.1. The number of para-hydroxylation sites is 6. The lowest BCUT2D eigenvalue weighted by Gasteiger charge is -2.20. The van der Waals surface area contributed by atoms with Crippen LogP contribution in [0.15, 0.2) is 146 Å². The van der Waals surface area contributed by atoms with Gasteiger partial charge in [-0.15, -0.1) is 10.5 Å². The van der Waals surface area contributed by atoms with Crippen LogP contribution < -0.4 is 27.6 Å². The number of carbonyl (C=O) groups excluding carboxylic acids is 3. The summed E-state index contributed by atoms with van der Waals surface area (Å²) in [5, 5.41) is 17.5. The van der Waals surface area contributed by atoms with E-state index in [1.54, 1.807) is 97.4 Å². The lowest BCUT2D eigenvalue weighted by atomic mass is 9.95. The summed E-state index contributed by atoms with van der Waals surface area (Å²) in [6.07, 6.45) is 9.03. The first kappa shape index (κ1) is 46.0. The van der Waals surface area contributed by atoms with Crippen LogP contribution in [0.1, 0.15) is 74.0 Å². The summed E-state index contributed by atoms with van der Waals surface area (Å²) in [5.74, 6) is 1.84. The van der Waals surface area contributed by atoms with Crippen molar-refractivity contribution in [1.29, 1.82) is 10.5 Å². The maximum absolute atomic E-state index is 13.6. The van der Waals surface area contributed by atoms with Crippen molar-refractivity contribution in [2.45, 2.75) is 45.2 Å². The van der Waals surface area contributed by atoms with Gasteiger partial charge in [0, 0.05) is 16.8 Å². The molecule has 1 saturated carbocycles. The molecule has 0 heterocycles. The van der Waals surface area contributed by atoms with Gasteiger partial charge in [-0.3, -0.25) is 14.4 Å². The second-order valence-electron chi connectivity index (χ2n) is 13.5. The molecule has 0 amide bonds. The van der Waals surface area contributed by atoms with Gasteiger partial charge in [-0.1, -0.05) is 110 Å². The molecule has 6 aromatic carbocycles. The average molecular weight is 867 g/mol. The van der Waals surface area contributed by atoms with Crippen molar-refractivity contribution in [3.05, 3.63) is 179 Å². The van der Waals surface area contributed by atoms with Gasteiger partial charge in [-0.25, -0.2) is 0 Å². The second kappa shape index (κ2) is 24.3. The van der Waals surface area contributed by atoms with E-state index in [0.29, 0.717) is 34.5 Å². The zero-order valence-electron chi connectivity index (χ0n) is 34.4. The molecule has 1 fully saturated rings. The van der Waals surface area contributed by atoms with E-state index in [0.717, 1.165) is 41.5 Å². The molecule has 0 aliphatic heterocycles. The average Bonchev–Trinajstić information content (AvgIpc) is 4.16. The number of nitriles is 2. The highest BCUT2D eigenvalue weighted by Gasteiger charge is 2.31. The van der Waals surface area contributed by atoms with Crippen molar-refractivity contribution < 1.29 is 42.0 Å². The highest BCUT2D eigenvalue weighted by molar-refractivity contribution is 7.53. The van der Waals surface area contributed by atoms with Gasteiger partial charge in [0.1, 0.15) is 17.8 Å². The third-order valence-electron chi connectivity index (χ3n) is 9.11. The maximum atomic E-state index is 13.6. The Hall–Kier alpha value is -7.03. The van der Waals surface area contributed by atoms with Crippen molar-refractivity contribution in [2.75, 3.05) is 6.66 Å². The van der Waals surface area contributed by atoms with Gasteiger partial charge in [0.15, 0.2) is 35.1 Å². The van der Waals surface area contributed by atoms with E-state index in [1.165, 1.54) is 12.8 Å². The van der Waals surface area contributed by atoms with Gasteiger partial charge in [0.05, 0.1) is 19.3 Å². The highest BCUT2D eigenvalue weighted by atomic mass is 31.2. The summed E-state index contributed by atoms with van der Waals surface area (Å²) < 4.78 is 33.9. The van der Waals surface area contributed by atoms with Crippen LogP contribution in [0, 0.1) is 30.0 Å². The number of benzene rings is 6. The van der Waals surface area contributed by atoms with Crippen molar-refractivity contribution in [1.82, 2.24) is 0 Å². The summed E-state index contributed by atoms with van der Waals surface area (Å²) in [5.41, 5.74) is 4.72. The van der Waals surface area contributed by atoms with Crippen LogP contribution >= 0.6 is 16.8 Å². The molecule has 0 N–H and O–H groups in total. The molecule has 2 atom stereocenters. The number of rotatable bonds is 17. The van der Waals surface area contributed by atoms with Crippen molar-refractivity contribution >= 4 is 35.1 Å². The number of carbonyl (C=O) groups is 3. The number of ether oxygens (including phenoxy) is 2. The van der Waals surface area contributed by atoms with Gasteiger partial charge in [-0.05, 0) is 92.5 Å². The predicted octanol–water partition coefficient (Wildman–Crippen LogP) is 12.2. The standard InChI is InChI=1S/C30H24NO6P.C11H12NO2P.C8H8O/c1-2-11-22-12-3-5-14-24(22)30(33)25-15-6-8-17-27(25)36-38(35-26-16-7-4-13-23(26)20-32)37-29-19-10-9-18-28(29)34-21-31;1-15(9-6-7-9)14-11-5-3-2-4-10(11)13-8-12;1-7-4-2-3-5-8(7)6-9/h3-10,12-20H,2,11H2,1H3;2-5,9H,6-7H2,1H3;2-6H,1H3. The monoisotopic (exact) mass is 866 g/mol. The quantitative estimate of drug-likeness (QED) is 0.0372. The minimum absolute atomic E-state index is 0.163. The Balaban J connectivity index is 0.000000244. The Morgan fingerprint density at radius 3 is 1.60 bits per heavy atom. The Kier molecular flexibility index (Phi) is 18.0. The molecule has 1 aliphatic rings. The largest absolute Gasteiger partial charge is 0.530 e. The molecular formula is C49H44N2O9P2. The molecule has 1 aliphatic carbocycles. The van der Waals surface area contributed by atoms with Gasteiger partial charge in [0.2, 0.25) is 0 Å². The van der Waals surface area contributed by atoms with Crippen molar-refractivity contribution in [3.8, 4) is 47.0 Å². The molecule has 0 spiro atoms. The Morgan fingerprint density at radius 2 is 1.05 bits per heavy atom. The lowest BCUT2D eigenvalue weighted by Crippen LogP contribution is -2.09. The summed E-state index contributed by atoms with van der Waals surface area (Å²) in [4.78, 5) is 35.5. The number of aryl methyl sites for hydroxylation is 2. The molecule has 0 bridgehead atoms. The maximum Gasteiger partial charge on any atom is 0.530 e. The first-order valence-corrected chi connectivity index (χ1v) is 22.5. The summed E-state index contributed by atoms with van der Waals surface area (Å²) in [7, 11) is -2.68. The van der Waals surface area contributed by atoms with E-state index in [1.807, 2.05) is 67.6 Å². The third kappa shape index (κ3) is 13.5. The fourth-order valence-corrected chi connectivity index (χ4v) is 8.33. The summed E-state index contributed by atoms with van der Waals surface area (Å²) in [6.45, 7) is 6.10. The van der Waals surface area contributed by atoms with Crippen LogP contribution in [0.4, 0.5) is 0 Å². The van der Waals surface area contributed by atoms with E-state index in [9.17, 15) is 14.4 Å². The van der Waals surface area contributed by atoms with Crippen LogP contribution in [0.2, 0.25) is 0 Å². The molecule has 62 heavy (non-hydrogen) atoms. The number of aldehydes is 2. The minimum atomic E-state index is -2.26. The zero-order valence-corrected chi connectivity index (χ0v) is 36.2. The Morgan fingerprint density at radius 1 is 0.597 bits per heavy atom. The molecule has 7 rings (SSSR count). The second-order valence-corrected chi connectivity index (χ2v) is 16.5. The molecule has 0 radical (unpaired) electrons. The molecule has 6 aromatic rings. The van der Waals surface area contributed by atoms with Crippen LogP contribution in [0.25, 0.3) is 0 Å². The van der Waals surface area contributed by atoms with Crippen molar-refractivity contribution in [2.24, 2.45) is 0 Å². The van der Waals surface area contributed by atoms with E-state index in [-0.39, 0.29) is 28.8 Å². The molecular weight excluding hydrogens is 822 g/mol. The smallest absolute Gasteiger partial charge is 0.470 e. The van der Waals surface area contributed by atoms with Gasteiger partial charge < -0.3 is 27.6 Å². The third-order valence-corrected chi connectivity index (χ3v) is 12.2. The first-order chi connectivity index (χ1) is 30.3. The van der Waals surface area contributed by atoms with Gasteiger partial charge in [-0.2, -0.15) is 0 Å². The minimum Gasteiger partial charge on any atom is -0.470 e. The molecule has 314 valence electrons. The Bertz CT molecular complexity index is 2520. The first-order valence-electron chi connectivity index (χ1n) is 19.6. The number of hydrogen-bond acceptors (Lipinski definition) is 11. The number of hydrogen-bond donors (Lipinski definition) is 0. The van der Waals surface area contributed by atoms with Gasteiger partial charge in [0.25, 0.3) is 12.5 Å². The van der Waals surface area contributed by atoms with E-state index in [4.69, 9.17) is 38.1 Å². The number of ketones is 1. The molecule has 13 heteroatoms. The summed E-state index contributed by atoms with van der Waals surface area (Å²) >= 11 is 0. The van der Waals surface area contributed by atoms with Crippen LogP contribution in [-0.4, -0.2) is 30.7 Å². The highest BCUT2D eigenvalue weighted by Crippen LogP contribution is 2.53. The van der Waals surface area contributed by atoms with Crippen LogP contribution in [-0.2, 0) is 6.42 Å². The van der Waals surface area contributed by atoms with Crippen LogP contribution in [0.5, 0.6) is 34.5 Å². The van der Waals surface area contributed by atoms with E-state index in [2.05, 4.69) is 13.6 Å². The van der Waals surface area contributed by atoms with E-state index >= 15 is 0 Å². The predicted molar refractivity (Wildman–Crippen MR) is 239 cm³/mol. The lowest BCUT2D eigenvalue weighted by molar-refractivity contribution is 0.103. The fourth-order valence-electron chi connectivity index (χ4n) is 5.77. The van der Waals surface area contributed by atoms with Crippen molar-refractivity contribution in [3.63, 3.8) is 0 Å². The fraction of sp³-hybridized carbons (Fsp3) is 0.163. The van der Waals surface area contributed by atoms with Gasteiger partial charge >= 0.3 is 8.60 Å². The Labute approximate surface area is 364 Å². The number of nitrogens with zero attached hydrogens (tertiary/aromatic N) is 2. The molecule has 0 saturated heterocycles. The molecule has 2 unspecified atom stereocenters. The normalized spacial score (nSPS) is 12.1. The topological polar surface area (TPSA) is 154 Å². The molecule has 0 aromatic heterocycles. The van der Waals surface area contributed by atoms with Crippen LogP contribution in [0.3, 0.4) is 0 Å². The molecule has 11 nitrogen and oxygen atoms in total.